The maximum atomic E-state index is 12.3. The molecule has 0 saturated carbocycles. The van der Waals surface area contributed by atoms with Gasteiger partial charge in [0.2, 0.25) is 5.91 Å². The molecule has 0 aliphatic carbocycles. The normalized spacial score (nSPS) is 18.6. The zero-order chi connectivity index (χ0) is 18.9. The number of piperidine rings is 1. The van der Waals surface area contributed by atoms with Crippen LogP contribution in [0.4, 0.5) is 11.4 Å². The number of hydrogen-bond acceptors (Lipinski definition) is 5. The van der Waals surface area contributed by atoms with Crippen LogP contribution in [0.2, 0.25) is 0 Å². The molecule has 2 fully saturated rings. The van der Waals surface area contributed by atoms with Gasteiger partial charge in [-0.2, -0.15) is 0 Å². The minimum Gasteiger partial charge on any atom is -0.481 e. The van der Waals surface area contributed by atoms with Gasteiger partial charge in [-0.1, -0.05) is 0 Å². The summed E-state index contributed by atoms with van der Waals surface area (Å²) in [7, 11) is 2.11. The minimum absolute atomic E-state index is 0.157. The van der Waals surface area contributed by atoms with E-state index < -0.39 is 5.97 Å². The van der Waals surface area contributed by atoms with Gasteiger partial charge in [-0.3, -0.25) is 9.59 Å². The fraction of sp³-hybridized carbons (Fsp3) is 0.579. The number of nitrogens with zero attached hydrogens (tertiary/aromatic N) is 2. The molecule has 3 N–H and O–H groups in total. The van der Waals surface area contributed by atoms with Crippen molar-refractivity contribution in [2.45, 2.75) is 19.8 Å². The van der Waals surface area contributed by atoms with Gasteiger partial charge in [0.05, 0.1) is 0 Å². The first kappa shape index (κ1) is 20.2. The van der Waals surface area contributed by atoms with Crippen LogP contribution in [-0.2, 0) is 9.59 Å². The van der Waals surface area contributed by atoms with E-state index in [1.807, 2.05) is 12.1 Å². The summed E-state index contributed by atoms with van der Waals surface area (Å²) < 4.78 is 0. The van der Waals surface area contributed by atoms with Gasteiger partial charge in [-0.05, 0) is 57.2 Å². The molecule has 1 aromatic rings. The van der Waals surface area contributed by atoms with Gasteiger partial charge in [-0.25, -0.2) is 0 Å². The highest BCUT2D eigenvalue weighted by Crippen LogP contribution is 2.21. The Morgan fingerprint density at radius 3 is 2.15 bits per heavy atom. The standard InChI is InChI=1S/C17H26N4O.C2H4O2/c1-20-10-6-14(7-11-20)17(22)19-15-2-4-16(5-3-15)21-12-8-18-9-13-21;1-2(3)4/h2-5,14,18H,6-13H2,1H3,(H,19,22);1H3,(H,3,4). The highest BCUT2D eigenvalue weighted by molar-refractivity contribution is 5.92. The average Bonchev–Trinajstić information content (AvgIpc) is 2.63. The molecule has 2 aliphatic rings. The van der Waals surface area contributed by atoms with Gasteiger partial charge in [-0.15, -0.1) is 0 Å². The Bertz CT molecular complexity index is 573. The molecule has 2 heterocycles. The van der Waals surface area contributed by atoms with Crippen LogP contribution >= 0.6 is 0 Å². The van der Waals surface area contributed by atoms with E-state index in [0.29, 0.717) is 0 Å². The molecule has 7 heteroatoms. The topological polar surface area (TPSA) is 84.9 Å². The van der Waals surface area contributed by atoms with E-state index in [0.717, 1.165) is 64.7 Å². The summed E-state index contributed by atoms with van der Waals surface area (Å²) in [5.41, 5.74) is 2.14. The summed E-state index contributed by atoms with van der Waals surface area (Å²) in [5, 5.41) is 13.8. The van der Waals surface area contributed by atoms with Crippen molar-refractivity contribution in [2.24, 2.45) is 5.92 Å². The van der Waals surface area contributed by atoms with Crippen LogP contribution in [0.25, 0.3) is 0 Å². The van der Waals surface area contributed by atoms with Crippen LogP contribution in [0.1, 0.15) is 19.8 Å². The monoisotopic (exact) mass is 362 g/mol. The zero-order valence-corrected chi connectivity index (χ0v) is 15.7. The zero-order valence-electron chi connectivity index (χ0n) is 15.7. The molecule has 1 aromatic carbocycles. The third-order valence-corrected chi connectivity index (χ3v) is 4.71. The third-order valence-electron chi connectivity index (χ3n) is 4.71. The van der Waals surface area contributed by atoms with Crippen molar-refractivity contribution in [3.05, 3.63) is 24.3 Å². The van der Waals surface area contributed by atoms with Crippen molar-refractivity contribution in [1.82, 2.24) is 10.2 Å². The summed E-state index contributed by atoms with van der Waals surface area (Å²) in [4.78, 5) is 26.0. The summed E-state index contributed by atoms with van der Waals surface area (Å²) in [6.45, 7) is 7.27. The van der Waals surface area contributed by atoms with Crippen LogP contribution in [0, 0.1) is 5.92 Å². The predicted octanol–water partition coefficient (Wildman–Crippen LogP) is 1.47. The van der Waals surface area contributed by atoms with Gasteiger partial charge in [0, 0.05) is 50.4 Å². The number of carboxylic acid groups (broad SMARTS) is 1. The number of carbonyl (C=O) groups is 2. The number of nitrogens with one attached hydrogen (secondary N) is 2. The molecule has 2 saturated heterocycles. The van der Waals surface area contributed by atoms with E-state index in [1.165, 1.54) is 5.69 Å². The van der Waals surface area contributed by atoms with Gasteiger partial charge < -0.3 is 25.5 Å². The highest BCUT2D eigenvalue weighted by atomic mass is 16.4. The maximum Gasteiger partial charge on any atom is 0.300 e. The van der Waals surface area contributed by atoms with Crippen molar-refractivity contribution in [2.75, 3.05) is 56.5 Å². The molecule has 0 spiro atoms. The Hall–Kier alpha value is -2.12. The number of likely N-dealkylation sites (tertiary alicyclic amines) is 1. The van der Waals surface area contributed by atoms with E-state index in [4.69, 9.17) is 9.90 Å². The molecular weight excluding hydrogens is 332 g/mol. The van der Waals surface area contributed by atoms with Crippen LogP contribution in [-0.4, -0.2) is 68.2 Å². The second kappa shape index (κ2) is 10.1. The van der Waals surface area contributed by atoms with Gasteiger partial charge in [0.1, 0.15) is 0 Å². The smallest absolute Gasteiger partial charge is 0.300 e. The first-order valence-electron chi connectivity index (χ1n) is 9.20. The predicted molar refractivity (Wildman–Crippen MR) is 104 cm³/mol. The quantitative estimate of drug-likeness (QED) is 0.755. The number of hydrogen-bond donors (Lipinski definition) is 3. The molecule has 7 nitrogen and oxygen atoms in total. The minimum atomic E-state index is -0.833. The van der Waals surface area contributed by atoms with E-state index in [9.17, 15) is 4.79 Å². The number of aliphatic carboxylic acids is 1. The number of anilines is 2. The number of amides is 1. The third kappa shape index (κ3) is 6.65. The second-order valence-electron chi connectivity index (χ2n) is 6.87. The Morgan fingerprint density at radius 2 is 1.62 bits per heavy atom. The Kier molecular flexibility index (Phi) is 7.87. The molecule has 2 aliphatic heterocycles. The molecule has 0 aromatic heterocycles. The number of carbonyl (C=O) groups excluding carboxylic acids is 1. The SMILES string of the molecule is CC(=O)O.CN1CCC(C(=O)Nc2ccc(N3CCNCC3)cc2)CC1. The van der Waals surface area contributed by atoms with Crippen LogP contribution in [0.5, 0.6) is 0 Å². The van der Waals surface area contributed by atoms with E-state index >= 15 is 0 Å². The Balaban J connectivity index is 0.000000552. The van der Waals surface area contributed by atoms with E-state index in [2.05, 4.69) is 39.6 Å². The molecular formula is C19H30N4O3. The second-order valence-corrected chi connectivity index (χ2v) is 6.87. The maximum absolute atomic E-state index is 12.3. The average molecular weight is 362 g/mol. The van der Waals surface area contributed by atoms with E-state index in [1.54, 1.807) is 0 Å². The molecule has 26 heavy (non-hydrogen) atoms. The van der Waals surface area contributed by atoms with Gasteiger partial charge >= 0.3 is 0 Å². The largest absolute Gasteiger partial charge is 0.481 e. The number of carboxylic acids is 1. The van der Waals surface area contributed by atoms with Crippen molar-refractivity contribution in [3.63, 3.8) is 0 Å². The Labute approximate surface area is 155 Å². The molecule has 1 amide bonds. The molecule has 0 atom stereocenters. The molecule has 3 rings (SSSR count). The molecule has 0 radical (unpaired) electrons. The van der Waals surface area contributed by atoms with Crippen molar-refractivity contribution in [3.8, 4) is 0 Å². The summed E-state index contributed by atoms with van der Waals surface area (Å²) in [5.74, 6) is -0.507. The molecule has 0 bridgehead atoms. The van der Waals surface area contributed by atoms with Gasteiger partial charge in [0.15, 0.2) is 0 Å². The Morgan fingerprint density at radius 1 is 1.08 bits per heavy atom. The fourth-order valence-electron chi connectivity index (χ4n) is 3.19. The lowest BCUT2D eigenvalue weighted by atomic mass is 9.96. The lowest BCUT2D eigenvalue weighted by molar-refractivity contribution is -0.134. The van der Waals surface area contributed by atoms with Crippen molar-refractivity contribution >= 4 is 23.3 Å². The van der Waals surface area contributed by atoms with Crippen molar-refractivity contribution < 1.29 is 14.7 Å². The summed E-state index contributed by atoms with van der Waals surface area (Å²) in [6.07, 6.45) is 1.92. The van der Waals surface area contributed by atoms with Crippen LogP contribution in [0.3, 0.4) is 0 Å². The first-order chi connectivity index (χ1) is 12.5. The fourth-order valence-corrected chi connectivity index (χ4v) is 3.19. The van der Waals surface area contributed by atoms with Crippen LogP contribution < -0.4 is 15.5 Å². The van der Waals surface area contributed by atoms with E-state index in [-0.39, 0.29) is 11.8 Å². The van der Waals surface area contributed by atoms with Crippen molar-refractivity contribution in [1.29, 1.82) is 0 Å². The summed E-state index contributed by atoms with van der Waals surface area (Å²) >= 11 is 0. The molecule has 0 unspecified atom stereocenters. The lowest BCUT2D eigenvalue weighted by Gasteiger charge is -2.30. The van der Waals surface area contributed by atoms with Crippen LogP contribution in [0.15, 0.2) is 24.3 Å². The summed E-state index contributed by atoms with van der Waals surface area (Å²) in [6, 6.07) is 8.25. The number of piperazine rings is 1. The number of benzene rings is 1. The van der Waals surface area contributed by atoms with Gasteiger partial charge in [0.25, 0.3) is 5.97 Å². The lowest BCUT2D eigenvalue weighted by Crippen LogP contribution is -2.43. The first-order valence-corrected chi connectivity index (χ1v) is 9.20. The number of rotatable bonds is 3. The highest BCUT2D eigenvalue weighted by Gasteiger charge is 2.23. The molecule has 144 valence electrons.